The van der Waals surface area contributed by atoms with E-state index < -0.39 is 4.92 Å². The minimum Gasteiger partial charge on any atom is -0.454 e. The molecule has 0 bridgehead atoms. The predicted molar refractivity (Wildman–Crippen MR) is 99.1 cm³/mol. The molecule has 1 aliphatic heterocycles. The van der Waals surface area contributed by atoms with Crippen LogP contribution in [0.1, 0.15) is 37.7 Å². The molecule has 142 valence electrons. The summed E-state index contributed by atoms with van der Waals surface area (Å²) in [6.07, 6.45) is 6.83. The van der Waals surface area contributed by atoms with Crippen LogP contribution in [-0.2, 0) is 6.54 Å². The highest BCUT2D eigenvalue weighted by atomic mass is 16.7. The Morgan fingerprint density at radius 3 is 2.70 bits per heavy atom. The van der Waals surface area contributed by atoms with E-state index in [1.807, 2.05) is 18.2 Å². The summed E-state index contributed by atoms with van der Waals surface area (Å²) in [5.74, 6) is 1.85. The molecule has 9 nitrogen and oxygen atoms in total. The molecule has 2 heterocycles. The lowest BCUT2D eigenvalue weighted by atomic mass is 9.95. The largest absolute Gasteiger partial charge is 0.454 e. The van der Waals surface area contributed by atoms with Crippen LogP contribution in [0.15, 0.2) is 24.5 Å². The zero-order valence-electron chi connectivity index (χ0n) is 14.8. The summed E-state index contributed by atoms with van der Waals surface area (Å²) < 4.78 is 10.7. The monoisotopic (exact) mass is 371 g/mol. The first-order valence-electron chi connectivity index (χ1n) is 9.09. The third-order valence-electron chi connectivity index (χ3n) is 4.85. The van der Waals surface area contributed by atoms with E-state index in [1.165, 1.54) is 12.7 Å². The summed E-state index contributed by atoms with van der Waals surface area (Å²) in [5.41, 5.74) is 0.790. The SMILES string of the molecule is O=[N+]([O-])c1c(NCc2ccc3c(c2)OCO3)ncnc1NC1CCCCC1. The van der Waals surface area contributed by atoms with E-state index in [0.29, 0.717) is 18.0 Å². The average molecular weight is 371 g/mol. The molecule has 2 N–H and O–H groups in total. The lowest BCUT2D eigenvalue weighted by molar-refractivity contribution is -0.383. The van der Waals surface area contributed by atoms with Crippen molar-refractivity contribution in [3.63, 3.8) is 0 Å². The van der Waals surface area contributed by atoms with E-state index in [0.717, 1.165) is 31.2 Å². The van der Waals surface area contributed by atoms with Crippen LogP contribution in [-0.4, -0.2) is 27.7 Å². The Kier molecular flexibility index (Phi) is 4.91. The van der Waals surface area contributed by atoms with Gasteiger partial charge in [-0.2, -0.15) is 0 Å². The Hall–Kier alpha value is -3.10. The van der Waals surface area contributed by atoms with Crippen LogP contribution in [0.25, 0.3) is 0 Å². The maximum Gasteiger partial charge on any atom is 0.353 e. The normalized spacial score (nSPS) is 16.1. The van der Waals surface area contributed by atoms with Crippen LogP contribution in [0.4, 0.5) is 17.3 Å². The first-order valence-corrected chi connectivity index (χ1v) is 9.09. The van der Waals surface area contributed by atoms with Gasteiger partial charge in [-0.25, -0.2) is 9.97 Å². The van der Waals surface area contributed by atoms with Crippen molar-refractivity contribution >= 4 is 17.3 Å². The first-order chi connectivity index (χ1) is 13.2. The van der Waals surface area contributed by atoms with E-state index in [1.54, 1.807) is 0 Å². The van der Waals surface area contributed by atoms with Crippen molar-refractivity contribution in [3.05, 3.63) is 40.2 Å². The minimum atomic E-state index is -0.437. The Morgan fingerprint density at radius 2 is 1.89 bits per heavy atom. The van der Waals surface area contributed by atoms with Crippen molar-refractivity contribution in [1.29, 1.82) is 0 Å². The van der Waals surface area contributed by atoms with Gasteiger partial charge in [0.2, 0.25) is 18.4 Å². The molecule has 1 saturated carbocycles. The molecule has 0 spiro atoms. The molecule has 2 aliphatic rings. The number of nitrogens with one attached hydrogen (secondary N) is 2. The highest BCUT2D eigenvalue weighted by molar-refractivity contribution is 5.69. The minimum absolute atomic E-state index is 0.121. The fraction of sp³-hybridized carbons (Fsp3) is 0.444. The molecular weight excluding hydrogens is 350 g/mol. The number of ether oxygens (including phenoxy) is 2. The maximum atomic E-state index is 11.7. The number of nitrogens with zero attached hydrogens (tertiary/aromatic N) is 3. The number of hydrogen-bond acceptors (Lipinski definition) is 8. The Balaban J connectivity index is 1.51. The second kappa shape index (κ2) is 7.65. The van der Waals surface area contributed by atoms with E-state index in [2.05, 4.69) is 20.6 Å². The summed E-state index contributed by atoms with van der Waals surface area (Å²) in [7, 11) is 0. The van der Waals surface area contributed by atoms with Crippen LogP contribution in [0.2, 0.25) is 0 Å². The lowest BCUT2D eigenvalue weighted by Crippen LogP contribution is -2.23. The third-order valence-corrected chi connectivity index (χ3v) is 4.85. The maximum absolute atomic E-state index is 11.7. The quantitative estimate of drug-likeness (QED) is 0.586. The van der Waals surface area contributed by atoms with Crippen LogP contribution in [0, 0.1) is 10.1 Å². The van der Waals surface area contributed by atoms with Crippen molar-refractivity contribution in [3.8, 4) is 11.5 Å². The molecule has 1 aromatic heterocycles. The zero-order valence-corrected chi connectivity index (χ0v) is 14.8. The molecule has 4 rings (SSSR count). The van der Waals surface area contributed by atoms with Crippen molar-refractivity contribution in [2.75, 3.05) is 17.4 Å². The first kappa shape index (κ1) is 17.3. The number of fused-ring (bicyclic) bond motifs is 1. The number of hydrogen-bond donors (Lipinski definition) is 2. The topological polar surface area (TPSA) is 111 Å². The molecule has 0 radical (unpaired) electrons. The molecule has 9 heteroatoms. The van der Waals surface area contributed by atoms with Gasteiger partial charge in [-0.3, -0.25) is 10.1 Å². The van der Waals surface area contributed by atoms with E-state index in [-0.39, 0.29) is 30.2 Å². The van der Waals surface area contributed by atoms with Gasteiger partial charge in [0, 0.05) is 12.6 Å². The van der Waals surface area contributed by atoms with E-state index in [9.17, 15) is 10.1 Å². The second-order valence-corrected chi connectivity index (χ2v) is 6.70. The molecule has 0 amide bonds. The molecule has 1 fully saturated rings. The summed E-state index contributed by atoms with van der Waals surface area (Å²) >= 11 is 0. The van der Waals surface area contributed by atoms with Crippen LogP contribution in [0.3, 0.4) is 0 Å². The van der Waals surface area contributed by atoms with Gasteiger partial charge in [-0.15, -0.1) is 0 Å². The van der Waals surface area contributed by atoms with Gasteiger partial charge in [-0.05, 0) is 30.5 Å². The van der Waals surface area contributed by atoms with Gasteiger partial charge in [0.25, 0.3) is 0 Å². The molecule has 0 saturated heterocycles. The van der Waals surface area contributed by atoms with Crippen molar-refractivity contribution in [2.24, 2.45) is 0 Å². The molecule has 0 unspecified atom stereocenters. The Labute approximate surface area is 156 Å². The highest BCUT2D eigenvalue weighted by Gasteiger charge is 2.25. The standard InChI is InChI=1S/C18H21N5O4/c24-23(25)16-17(19-9-12-6-7-14-15(8-12)27-11-26-14)20-10-21-18(16)22-13-4-2-1-3-5-13/h6-8,10,13H,1-5,9,11H2,(H2,19,20,21,22). The fourth-order valence-corrected chi connectivity index (χ4v) is 3.46. The van der Waals surface area contributed by atoms with Crippen molar-refractivity contribution < 1.29 is 14.4 Å². The van der Waals surface area contributed by atoms with Gasteiger partial charge in [0.1, 0.15) is 6.33 Å². The number of nitro groups is 1. The molecular formula is C18H21N5O4. The van der Waals surface area contributed by atoms with Crippen LogP contribution in [0.5, 0.6) is 11.5 Å². The fourth-order valence-electron chi connectivity index (χ4n) is 3.46. The smallest absolute Gasteiger partial charge is 0.353 e. The number of aromatic nitrogens is 2. The Morgan fingerprint density at radius 1 is 1.11 bits per heavy atom. The van der Waals surface area contributed by atoms with Gasteiger partial charge < -0.3 is 20.1 Å². The molecule has 1 aromatic carbocycles. The Bertz CT molecular complexity index is 838. The number of anilines is 2. The van der Waals surface area contributed by atoms with Crippen molar-refractivity contribution in [2.45, 2.75) is 44.7 Å². The van der Waals surface area contributed by atoms with Gasteiger partial charge >= 0.3 is 5.69 Å². The lowest BCUT2D eigenvalue weighted by Gasteiger charge is -2.23. The van der Waals surface area contributed by atoms with Crippen molar-refractivity contribution in [1.82, 2.24) is 9.97 Å². The second-order valence-electron chi connectivity index (χ2n) is 6.70. The number of benzene rings is 1. The van der Waals surface area contributed by atoms with E-state index in [4.69, 9.17) is 9.47 Å². The number of rotatable bonds is 6. The van der Waals surface area contributed by atoms with Gasteiger partial charge in [-0.1, -0.05) is 25.3 Å². The summed E-state index contributed by atoms with van der Waals surface area (Å²) in [5, 5.41) is 17.9. The van der Waals surface area contributed by atoms with Crippen LogP contribution < -0.4 is 20.1 Å². The summed E-state index contributed by atoms with van der Waals surface area (Å²) in [6.45, 7) is 0.581. The van der Waals surface area contributed by atoms with Gasteiger partial charge in [0.15, 0.2) is 11.5 Å². The molecule has 2 aromatic rings. The molecule has 27 heavy (non-hydrogen) atoms. The zero-order chi connectivity index (χ0) is 18.6. The average Bonchev–Trinajstić information content (AvgIpc) is 3.15. The third kappa shape index (κ3) is 3.86. The predicted octanol–water partition coefficient (Wildman–Crippen LogP) is 3.47. The van der Waals surface area contributed by atoms with E-state index >= 15 is 0 Å². The molecule has 1 aliphatic carbocycles. The van der Waals surface area contributed by atoms with Crippen LogP contribution >= 0.6 is 0 Å². The highest BCUT2D eigenvalue weighted by Crippen LogP contribution is 2.34. The molecule has 0 atom stereocenters. The summed E-state index contributed by atoms with van der Waals surface area (Å²) in [6, 6.07) is 5.77. The summed E-state index contributed by atoms with van der Waals surface area (Å²) in [4.78, 5) is 19.4. The van der Waals surface area contributed by atoms with Gasteiger partial charge in [0.05, 0.1) is 4.92 Å².